The van der Waals surface area contributed by atoms with Gasteiger partial charge in [-0.1, -0.05) is 30.7 Å². The van der Waals surface area contributed by atoms with Crippen molar-refractivity contribution in [1.82, 2.24) is 5.32 Å². The molecule has 0 heterocycles. The summed E-state index contributed by atoms with van der Waals surface area (Å²) < 4.78 is 0. The van der Waals surface area contributed by atoms with Crippen LogP contribution in [0.5, 0.6) is 0 Å². The van der Waals surface area contributed by atoms with Crippen molar-refractivity contribution in [2.45, 2.75) is 19.4 Å². The van der Waals surface area contributed by atoms with Crippen LogP contribution >= 0.6 is 23.4 Å². The quantitative estimate of drug-likeness (QED) is 0.817. The van der Waals surface area contributed by atoms with Crippen LogP contribution in [0.1, 0.15) is 24.9 Å². The van der Waals surface area contributed by atoms with Gasteiger partial charge in [-0.3, -0.25) is 0 Å². The average molecular weight is 244 g/mol. The van der Waals surface area contributed by atoms with Crippen LogP contribution in [-0.4, -0.2) is 18.6 Å². The van der Waals surface area contributed by atoms with Gasteiger partial charge < -0.3 is 5.32 Å². The molecule has 1 aromatic carbocycles. The Morgan fingerprint density at radius 3 is 2.53 bits per heavy atom. The van der Waals surface area contributed by atoms with E-state index in [4.69, 9.17) is 11.6 Å². The van der Waals surface area contributed by atoms with Crippen molar-refractivity contribution in [3.63, 3.8) is 0 Å². The Labute approximate surface area is 102 Å². The van der Waals surface area contributed by atoms with Gasteiger partial charge in [0.05, 0.1) is 0 Å². The summed E-state index contributed by atoms with van der Waals surface area (Å²) in [7, 11) is 0. The number of nitrogens with one attached hydrogen (secondary N) is 1. The van der Waals surface area contributed by atoms with Gasteiger partial charge in [0.2, 0.25) is 0 Å². The van der Waals surface area contributed by atoms with Gasteiger partial charge in [0.25, 0.3) is 0 Å². The summed E-state index contributed by atoms with van der Waals surface area (Å²) in [4.78, 5) is 0. The van der Waals surface area contributed by atoms with Crippen molar-refractivity contribution >= 4 is 23.4 Å². The van der Waals surface area contributed by atoms with Crippen molar-refractivity contribution in [1.29, 1.82) is 0 Å². The molecular formula is C12H18ClNS. The highest BCUT2D eigenvalue weighted by molar-refractivity contribution is 7.98. The van der Waals surface area contributed by atoms with E-state index in [2.05, 4.69) is 30.6 Å². The third kappa shape index (κ3) is 4.45. The SMILES string of the molecule is CCCNC(CSC)c1ccc(Cl)cc1. The zero-order valence-electron chi connectivity index (χ0n) is 9.29. The molecule has 1 nitrogen and oxygen atoms in total. The van der Waals surface area contributed by atoms with Gasteiger partial charge in [-0.2, -0.15) is 11.8 Å². The summed E-state index contributed by atoms with van der Waals surface area (Å²) in [6, 6.07) is 8.56. The normalized spacial score (nSPS) is 12.7. The van der Waals surface area contributed by atoms with Gasteiger partial charge in [-0.25, -0.2) is 0 Å². The van der Waals surface area contributed by atoms with Crippen LogP contribution in [0, 0.1) is 0 Å². The molecule has 0 saturated carbocycles. The Balaban J connectivity index is 2.65. The van der Waals surface area contributed by atoms with Crippen LogP contribution in [0.4, 0.5) is 0 Å². The summed E-state index contributed by atoms with van der Waals surface area (Å²) >= 11 is 7.74. The molecule has 0 radical (unpaired) electrons. The van der Waals surface area contributed by atoms with Crippen LogP contribution in [0.2, 0.25) is 5.02 Å². The maximum Gasteiger partial charge on any atom is 0.0411 e. The van der Waals surface area contributed by atoms with Crippen LogP contribution < -0.4 is 5.32 Å². The smallest absolute Gasteiger partial charge is 0.0411 e. The molecular weight excluding hydrogens is 226 g/mol. The molecule has 0 aliphatic rings. The van der Waals surface area contributed by atoms with E-state index in [-0.39, 0.29) is 0 Å². The van der Waals surface area contributed by atoms with Crippen molar-refractivity contribution in [2.24, 2.45) is 0 Å². The molecule has 1 atom stereocenters. The summed E-state index contributed by atoms with van der Waals surface area (Å²) in [6.45, 7) is 3.25. The molecule has 0 amide bonds. The van der Waals surface area contributed by atoms with E-state index >= 15 is 0 Å². The zero-order valence-corrected chi connectivity index (χ0v) is 10.9. The van der Waals surface area contributed by atoms with E-state index in [0.29, 0.717) is 6.04 Å². The highest BCUT2D eigenvalue weighted by Gasteiger charge is 2.08. The Hall–Kier alpha value is -0.180. The fourth-order valence-corrected chi connectivity index (χ4v) is 2.22. The van der Waals surface area contributed by atoms with E-state index in [1.165, 1.54) is 12.0 Å². The molecule has 0 aliphatic heterocycles. The predicted octanol–water partition coefficient (Wildman–Crippen LogP) is 3.74. The minimum Gasteiger partial charge on any atom is -0.309 e. The van der Waals surface area contributed by atoms with E-state index in [9.17, 15) is 0 Å². The molecule has 3 heteroatoms. The summed E-state index contributed by atoms with van der Waals surface area (Å²) in [5, 5.41) is 4.35. The minimum atomic E-state index is 0.442. The fourth-order valence-electron chi connectivity index (χ4n) is 1.45. The average Bonchev–Trinajstić information content (AvgIpc) is 2.25. The third-order valence-corrected chi connectivity index (χ3v) is 3.17. The van der Waals surface area contributed by atoms with Gasteiger partial charge in [0.15, 0.2) is 0 Å². The van der Waals surface area contributed by atoms with Crippen molar-refractivity contribution in [3.8, 4) is 0 Å². The van der Waals surface area contributed by atoms with E-state index in [0.717, 1.165) is 17.3 Å². The fraction of sp³-hybridized carbons (Fsp3) is 0.500. The van der Waals surface area contributed by atoms with Crippen LogP contribution in [-0.2, 0) is 0 Å². The number of hydrogen-bond donors (Lipinski definition) is 1. The second-order valence-corrected chi connectivity index (χ2v) is 4.86. The van der Waals surface area contributed by atoms with Crippen LogP contribution in [0.3, 0.4) is 0 Å². The van der Waals surface area contributed by atoms with E-state index < -0.39 is 0 Å². The van der Waals surface area contributed by atoms with E-state index in [1.54, 1.807) is 0 Å². The van der Waals surface area contributed by atoms with Crippen LogP contribution in [0.25, 0.3) is 0 Å². The highest BCUT2D eigenvalue weighted by Crippen LogP contribution is 2.19. The first-order chi connectivity index (χ1) is 7.27. The lowest BCUT2D eigenvalue weighted by atomic mass is 10.1. The van der Waals surface area contributed by atoms with Gasteiger partial charge >= 0.3 is 0 Å². The molecule has 1 unspecified atom stereocenters. The Morgan fingerprint density at radius 1 is 1.33 bits per heavy atom. The Kier molecular flexibility index (Phi) is 6.15. The topological polar surface area (TPSA) is 12.0 Å². The molecule has 0 spiro atoms. The molecule has 1 aromatic rings. The summed E-state index contributed by atoms with van der Waals surface area (Å²) in [6.07, 6.45) is 3.30. The zero-order chi connectivity index (χ0) is 11.1. The van der Waals surface area contributed by atoms with Gasteiger partial charge in [0.1, 0.15) is 0 Å². The minimum absolute atomic E-state index is 0.442. The first-order valence-corrected chi connectivity index (χ1v) is 7.03. The molecule has 1 N–H and O–H groups in total. The maximum absolute atomic E-state index is 5.87. The summed E-state index contributed by atoms with van der Waals surface area (Å²) in [5.74, 6) is 1.10. The molecule has 0 saturated heterocycles. The first-order valence-electron chi connectivity index (χ1n) is 5.25. The van der Waals surface area contributed by atoms with Gasteiger partial charge in [0, 0.05) is 16.8 Å². The van der Waals surface area contributed by atoms with E-state index in [1.807, 2.05) is 23.9 Å². The van der Waals surface area contributed by atoms with Gasteiger partial charge in [-0.15, -0.1) is 0 Å². The number of rotatable bonds is 6. The number of hydrogen-bond acceptors (Lipinski definition) is 2. The second-order valence-electron chi connectivity index (χ2n) is 3.51. The number of benzene rings is 1. The monoisotopic (exact) mass is 243 g/mol. The lowest BCUT2D eigenvalue weighted by Crippen LogP contribution is -2.23. The third-order valence-electron chi connectivity index (χ3n) is 2.25. The predicted molar refractivity (Wildman–Crippen MR) is 70.9 cm³/mol. The largest absolute Gasteiger partial charge is 0.309 e. The van der Waals surface area contributed by atoms with Crippen LogP contribution in [0.15, 0.2) is 24.3 Å². The second kappa shape index (κ2) is 7.15. The van der Waals surface area contributed by atoms with Crippen molar-refractivity contribution in [3.05, 3.63) is 34.9 Å². The summed E-state index contributed by atoms with van der Waals surface area (Å²) in [5.41, 5.74) is 1.32. The number of halogens is 1. The Morgan fingerprint density at radius 2 is 2.00 bits per heavy atom. The Bertz CT molecular complexity index is 273. The highest BCUT2D eigenvalue weighted by atomic mass is 35.5. The molecule has 0 bridgehead atoms. The lowest BCUT2D eigenvalue weighted by molar-refractivity contribution is 0.578. The van der Waals surface area contributed by atoms with Crippen molar-refractivity contribution < 1.29 is 0 Å². The molecule has 84 valence electrons. The lowest BCUT2D eigenvalue weighted by Gasteiger charge is -2.17. The standard InChI is InChI=1S/C12H18ClNS/c1-3-8-14-12(9-15-2)10-4-6-11(13)7-5-10/h4-7,12,14H,3,8-9H2,1-2H3. The molecule has 15 heavy (non-hydrogen) atoms. The molecule has 0 aromatic heterocycles. The molecule has 0 aliphatic carbocycles. The van der Waals surface area contributed by atoms with Gasteiger partial charge in [-0.05, 0) is 36.9 Å². The maximum atomic E-state index is 5.87. The van der Waals surface area contributed by atoms with Crippen molar-refractivity contribution in [2.75, 3.05) is 18.6 Å². The molecule has 1 rings (SSSR count). The first kappa shape index (κ1) is 12.9. The number of thioether (sulfide) groups is 1. The molecule has 0 fully saturated rings.